The number of carboxylic acid groups (broad SMARTS) is 1. The Kier molecular flexibility index (Phi) is 4.42. The highest BCUT2D eigenvalue weighted by molar-refractivity contribution is 5.89. The number of rotatable bonds is 5. The molecule has 0 spiro atoms. The van der Waals surface area contributed by atoms with Crippen LogP contribution in [0.1, 0.15) is 21.5 Å². The summed E-state index contributed by atoms with van der Waals surface area (Å²) in [6.45, 7) is 2.14. The van der Waals surface area contributed by atoms with E-state index in [2.05, 4.69) is 5.32 Å². The summed E-state index contributed by atoms with van der Waals surface area (Å²) in [5, 5.41) is 12.1. The standard InChI is InChI=1S/C16H16FNO3/c1-10-7-11(3-5-13(10)17)9-18-14-8-12(16(19)20)4-6-15(14)21-2/h3-8,18H,9H2,1-2H3,(H,19,20). The van der Waals surface area contributed by atoms with E-state index in [0.717, 1.165) is 5.56 Å². The molecule has 0 amide bonds. The zero-order valence-corrected chi connectivity index (χ0v) is 11.8. The smallest absolute Gasteiger partial charge is 0.335 e. The van der Waals surface area contributed by atoms with Gasteiger partial charge in [0.2, 0.25) is 0 Å². The van der Waals surface area contributed by atoms with Gasteiger partial charge in [0.05, 0.1) is 18.4 Å². The van der Waals surface area contributed by atoms with Crippen LogP contribution < -0.4 is 10.1 Å². The van der Waals surface area contributed by atoms with Gasteiger partial charge in [-0.25, -0.2) is 9.18 Å². The lowest BCUT2D eigenvalue weighted by Crippen LogP contribution is -2.04. The van der Waals surface area contributed by atoms with Crippen molar-refractivity contribution < 1.29 is 19.0 Å². The van der Waals surface area contributed by atoms with Crippen molar-refractivity contribution in [2.45, 2.75) is 13.5 Å². The Hall–Kier alpha value is -2.56. The quantitative estimate of drug-likeness (QED) is 0.885. The summed E-state index contributed by atoms with van der Waals surface area (Å²) in [7, 11) is 1.52. The first-order chi connectivity index (χ1) is 10.0. The summed E-state index contributed by atoms with van der Waals surface area (Å²) in [5.41, 5.74) is 2.23. The summed E-state index contributed by atoms with van der Waals surface area (Å²) in [5.74, 6) is -0.693. The fourth-order valence-corrected chi connectivity index (χ4v) is 1.99. The molecular weight excluding hydrogens is 273 g/mol. The van der Waals surface area contributed by atoms with E-state index in [9.17, 15) is 9.18 Å². The maximum Gasteiger partial charge on any atom is 0.335 e. The maximum atomic E-state index is 13.2. The molecule has 0 saturated carbocycles. The van der Waals surface area contributed by atoms with E-state index in [0.29, 0.717) is 23.5 Å². The van der Waals surface area contributed by atoms with E-state index in [1.807, 2.05) is 0 Å². The van der Waals surface area contributed by atoms with E-state index >= 15 is 0 Å². The van der Waals surface area contributed by atoms with Crippen molar-refractivity contribution in [3.8, 4) is 5.75 Å². The molecule has 0 aromatic heterocycles. The predicted octanol–water partition coefficient (Wildman–Crippen LogP) is 3.45. The van der Waals surface area contributed by atoms with Crippen molar-refractivity contribution in [3.05, 3.63) is 58.9 Å². The molecule has 21 heavy (non-hydrogen) atoms. The molecule has 0 atom stereocenters. The van der Waals surface area contributed by atoms with Crippen molar-refractivity contribution in [2.75, 3.05) is 12.4 Å². The minimum atomic E-state index is -1.00. The second kappa shape index (κ2) is 6.26. The highest BCUT2D eigenvalue weighted by atomic mass is 19.1. The Balaban J connectivity index is 2.19. The van der Waals surface area contributed by atoms with Crippen LogP contribution in [0.3, 0.4) is 0 Å². The molecule has 0 aliphatic heterocycles. The van der Waals surface area contributed by atoms with Gasteiger partial charge >= 0.3 is 5.97 Å². The Morgan fingerprint density at radius 1 is 1.29 bits per heavy atom. The highest BCUT2D eigenvalue weighted by Gasteiger charge is 2.09. The van der Waals surface area contributed by atoms with E-state index < -0.39 is 5.97 Å². The van der Waals surface area contributed by atoms with Crippen LogP contribution in [-0.4, -0.2) is 18.2 Å². The summed E-state index contributed by atoms with van der Waals surface area (Å²) in [6.07, 6.45) is 0. The van der Waals surface area contributed by atoms with Crippen LogP contribution in [-0.2, 0) is 6.54 Å². The van der Waals surface area contributed by atoms with Crippen LogP contribution in [0.4, 0.5) is 10.1 Å². The van der Waals surface area contributed by atoms with Crippen molar-refractivity contribution in [1.82, 2.24) is 0 Å². The first-order valence-electron chi connectivity index (χ1n) is 6.41. The van der Waals surface area contributed by atoms with Crippen molar-refractivity contribution in [2.24, 2.45) is 0 Å². The number of methoxy groups -OCH3 is 1. The minimum absolute atomic E-state index is 0.175. The van der Waals surface area contributed by atoms with E-state index in [4.69, 9.17) is 9.84 Å². The molecule has 110 valence electrons. The van der Waals surface area contributed by atoms with Gasteiger partial charge in [0.15, 0.2) is 0 Å². The molecule has 0 heterocycles. The number of ether oxygens (including phenoxy) is 1. The normalized spacial score (nSPS) is 10.2. The lowest BCUT2D eigenvalue weighted by atomic mass is 10.1. The highest BCUT2D eigenvalue weighted by Crippen LogP contribution is 2.26. The van der Waals surface area contributed by atoms with Gasteiger partial charge in [-0.05, 0) is 42.3 Å². The van der Waals surface area contributed by atoms with Gasteiger partial charge in [-0.2, -0.15) is 0 Å². The first-order valence-corrected chi connectivity index (χ1v) is 6.41. The Labute approximate surface area is 122 Å². The Bertz CT molecular complexity index is 671. The molecule has 0 radical (unpaired) electrons. The summed E-state index contributed by atoms with van der Waals surface area (Å²) >= 11 is 0. The average molecular weight is 289 g/mol. The number of halogens is 1. The molecule has 0 fully saturated rings. The maximum absolute atomic E-state index is 13.2. The molecule has 0 saturated heterocycles. The Morgan fingerprint density at radius 2 is 2.05 bits per heavy atom. The third-order valence-corrected chi connectivity index (χ3v) is 3.15. The number of aromatic carboxylic acids is 1. The molecule has 2 aromatic rings. The van der Waals surface area contributed by atoms with Gasteiger partial charge in [0.1, 0.15) is 11.6 Å². The lowest BCUT2D eigenvalue weighted by Gasteiger charge is -2.12. The van der Waals surface area contributed by atoms with Gasteiger partial charge < -0.3 is 15.2 Å². The van der Waals surface area contributed by atoms with Gasteiger partial charge in [0, 0.05) is 6.54 Å². The van der Waals surface area contributed by atoms with E-state index in [1.165, 1.54) is 25.3 Å². The fourth-order valence-electron chi connectivity index (χ4n) is 1.99. The first kappa shape index (κ1) is 14.8. The number of aryl methyl sites for hydroxylation is 1. The zero-order valence-electron chi connectivity index (χ0n) is 11.8. The van der Waals surface area contributed by atoms with Gasteiger partial charge in [0.25, 0.3) is 0 Å². The monoisotopic (exact) mass is 289 g/mol. The molecule has 0 bridgehead atoms. The molecule has 2 rings (SSSR count). The molecule has 4 nitrogen and oxygen atoms in total. The molecule has 0 unspecified atom stereocenters. The van der Waals surface area contributed by atoms with Gasteiger partial charge in [-0.3, -0.25) is 0 Å². The molecule has 2 N–H and O–H groups in total. The number of carboxylic acids is 1. The second-order valence-electron chi connectivity index (χ2n) is 4.66. The van der Waals surface area contributed by atoms with Crippen molar-refractivity contribution in [3.63, 3.8) is 0 Å². The topological polar surface area (TPSA) is 58.6 Å². The van der Waals surface area contributed by atoms with Gasteiger partial charge in [-0.1, -0.05) is 12.1 Å². The minimum Gasteiger partial charge on any atom is -0.495 e. The molecular formula is C16H16FNO3. The van der Waals surface area contributed by atoms with Crippen LogP contribution in [0.15, 0.2) is 36.4 Å². The van der Waals surface area contributed by atoms with Crippen LogP contribution in [0.5, 0.6) is 5.75 Å². The number of anilines is 1. The van der Waals surface area contributed by atoms with E-state index in [1.54, 1.807) is 25.1 Å². The van der Waals surface area contributed by atoms with Crippen molar-refractivity contribution in [1.29, 1.82) is 0 Å². The van der Waals surface area contributed by atoms with Crippen LogP contribution >= 0.6 is 0 Å². The summed E-state index contributed by atoms with van der Waals surface area (Å²) in [4.78, 5) is 11.0. The molecule has 5 heteroatoms. The Morgan fingerprint density at radius 3 is 2.67 bits per heavy atom. The summed E-state index contributed by atoms with van der Waals surface area (Å²) < 4.78 is 18.4. The molecule has 0 aliphatic rings. The number of hydrogen-bond acceptors (Lipinski definition) is 3. The van der Waals surface area contributed by atoms with Crippen LogP contribution in [0.2, 0.25) is 0 Å². The number of nitrogens with one attached hydrogen (secondary N) is 1. The van der Waals surface area contributed by atoms with E-state index in [-0.39, 0.29) is 11.4 Å². The predicted molar refractivity (Wildman–Crippen MR) is 78.4 cm³/mol. The van der Waals surface area contributed by atoms with Crippen LogP contribution in [0.25, 0.3) is 0 Å². The SMILES string of the molecule is COc1ccc(C(=O)O)cc1NCc1ccc(F)c(C)c1. The molecule has 2 aromatic carbocycles. The van der Waals surface area contributed by atoms with Crippen LogP contribution in [0, 0.1) is 12.7 Å². The van der Waals surface area contributed by atoms with Gasteiger partial charge in [-0.15, -0.1) is 0 Å². The number of carbonyl (C=O) groups is 1. The van der Waals surface area contributed by atoms with Crippen molar-refractivity contribution >= 4 is 11.7 Å². The average Bonchev–Trinajstić information content (AvgIpc) is 2.48. The summed E-state index contributed by atoms with van der Waals surface area (Å²) in [6, 6.07) is 9.43. The second-order valence-corrected chi connectivity index (χ2v) is 4.66. The third-order valence-electron chi connectivity index (χ3n) is 3.15. The number of benzene rings is 2. The zero-order chi connectivity index (χ0) is 15.4. The third kappa shape index (κ3) is 3.51. The fraction of sp³-hybridized carbons (Fsp3) is 0.188. The largest absolute Gasteiger partial charge is 0.495 e. The lowest BCUT2D eigenvalue weighted by molar-refractivity contribution is 0.0697. The number of hydrogen-bond donors (Lipinski definition) is 2. The molecule has 0 aliphatic carbocycles.